The van der Waals surface area contributed by atoms with Gasteiger partial charge in [0.05, 0.1) is 14.2 Å². The van der Waals surface area contributed by atoms with Gasteiger partial charge in [0.15, 0.2) is 11.2 Å². The number of hydrogen-bond donors (Lipinski definition) is 0. The summed E-state index contributed by atoms with van der Waals surface area (Å²) in [5, 5.41) is 0. The number of allylic oxidation sites excluding steroid dienone is 4. The van der Waals surface area contributed by atoms with Gasteiger partial charge in [-0.05, 0) is 24.8 Å². The summed E-state index contributed by atoms with van der Waals surface area (Å²) in [7, 11) is 2.46. The van der Waals surface area contributed by atoms with E-state index in [1.54, 1.807) is 0 Å². The van der Waals surface area contributed by atoms with Crippen LogP contribution in [0.15, 0.2) is 22.8 Å². The number of ether oxygens (including phenoxy) is 2. The second-order valence-electron chi connectivity index (χ2n) is 7.13. The van der Waals surface area contributed by atoms with Crippen LogP contribution in [0.3, 0.4) is 0 Å². The normalized spacial score (nSPS) is 18.0. The van der Waals surface area contributed by atoms with Crippen LogP contribution >= 0.6 is 0 Å². The molecular formula is C18H26O5. The largest absolute Gasteiger partial charge is 0.468 e. The predicted octanol–water partition coefficient (Wildman–Crippen LogP) is 2.99. The van der Waals surface area contributed by atoms with Crippen molar-refractivity contribution in [3.63, 3.8) is 0 Å². The Bertz CT molecular complexity index is 571. The molecule has 1 aliphatic rings. The molecular weight excluding hydrogens is 296 g/mol. The van der Waals surface area contributed by atoms with Crippen LogP contribution in [0.5, 0.6) is 0 Å². The topological polar surface area (TPSA) is 69.7 Å². The van der Waals surface area contributed by atoms with Gasteiger partial charge in [0, 0.05) is 18.4 Å². The Hall–Kier alpha value is -1.91. The summed E-state index contributed by atoms with van der Waals surface area (Å²) in [5.41, 5.74) is 0.590. The third-order valence-corrected chi connectivity index (χ3v) is 4.02. The quantitative estimate of drug-likeness (QED) is 0.588. The molecule has 0 saturated carbocycles. The summed E-state index contributed by atoms with van der Waals surface area (Å²) in [6, 6.07) is 0. The van der Waals surface area contributed by atoms with E-state index in [2.05, 4.69) is 0 Å². The Morgan fingerprint density at radius 2 is 1.39 bits per heavy atom. The number of ketones is 1. The molecule has 0 aromatic rings. The zero-order chi connectivity index (χ0) is 18.0. The molecule has 1 aliphatic carbocycles. The van der Waals surface area contributed by atoms with Crippen molar-refractivity contribution < 1.29 is 23.9 Å². The van der Waals surface area contributed by atoms with Gasteiger partial charge in [-0.15, -0.1) is 0 Å². The monoisotopic (exact) mass is 322 g/mol. The first-order chi connectivity index (χ1) is 10.5. The third kappa shape index (κ3) is 3.89. The highest BCUT2D eigenvalue weighted by molar-refractivity contribution is 6.06. The Labute approximate surface area is 137 Å². The van der Waals surface area contributed by atoms with Crippen molar-refractivity contribution in [1.82, 2.24) is 0 Å². The molecule has 0 saturated heterocycles. The maximum Gasteiger partial charge on any atom is 0.323 e. The van der Waals surface area contributed by atoms with Crippen LogP contribution in [0.1, 0.15) is 47.5 Å². The molecule has 0 bridgehead atoms. The Morgan fingerprint density at radius 3 is 1.74 bits per heavy atom. The molecule has 0 aromatic carbocycles. The average Bonchev–Trinajstić information content (AvgIpc) is 2.86. The summed E-state index contributed by atoms with van der Waals surface area (Å²) >= 11 is 0. The fourth-order valence-electron chi connectivity index (χ4n) is 3.09. The van der Waals surface area contributed by atoms with Gasteiger partial charge in [-0.25, -0.2) is 0 Å². The van der Waals surface area contributed by atoms with E-state index >= 15 is 0 Å². The molecule has 0 aliphatic heterocycles. The molecule has 5 nitrogen and oxygen atoms in total. The molecule has 128 valence electrons. The molecule has 0 spiro atoms. The van der Waals surface area contributed by atoms with Crippen LogP contribution in [0.4, 0.5) is 0 Å². The van der Waals surface area contributed by atoms with Gasteiger partial charge >= 0.3 is 11.9 Å². The first-order valence-corrected chi connectivity index (χ1v) is 7.58. The molecule has 0 N–H and O–H groups in total. The molecule has 0 fully saturated rings. The van der Waals surface area contributed by atoms with Crippen LogP contribution < -0.4 is 0 Å². The highest BCUT2D eigenvalue weighted by Crippen LogP contribution is 2.47. The van der Waals surface area contributed by atoms with E-state index in [1.807, 2.05) is 33.8 Å². The van der Waals surface area contributed by atoms with E-state index in [0.717, 1.165) is 11.1 Å². The smallest absolute Gasteiger partial charge is 0.323 e. The molecule has 0 atom stereocenters. The summed E-state index contributed by atoms with van der Waals surface area (Å²) in [6.45, 7) is 9.49. The fraction of sp³-hybridized carbons (Fsp3) is 0.611. The van der Waals surface area contributed by atoms with Gasteiger partial charge in [-0.1, -0.05) is 32.4 Å². The Kier molecular flexibility index (Phi) is 5.56. The summed E-state index contributed by atoms with van der Waals surface area (Å²) in [5.74, 6) is -1.47. The molecule has 0 aromatic heterocycles. The van der Waals surface area contributed by atoms with Crippen molar-refractivity contribution in [2.75, 3.05) is 14.2 Å². The van der Waals surface area contributed by atoms with Gasteiger partial charge in [-0.2, -0.15) is 0 Å². The first-order valence-electron chi connectivity index (χ1n) is 7.58. The van der Waals surface area contributed by atoms with Crippen LogP contribution in [-0.2, 0) is 23.9 Å². The molecule has 1 rings (SSSR count). The van der Waals surface area contributed by atoms with Crippen LogP contribution in [0.2, 0.25) is 0 Å². The molecule has 0 radical (unpaired) electrons. The number of hydrogen-bond acceptors (Lipinski definition) is 5. The van der Waals surface area contributed by atoms with Gasteiger partial charge in [0.2, 0.25) is 0 Å². The lowest BCUT2D eigenvalue weighted by Gasteiger charge is -2.23. The number of Topliss-reactive ketones (excluding diaryl/α,β-unsaturated/α-hetero) is 1. The molecule has 23 heavy (non-hydrogen) atoms. The van der Waals surface area contributed by atoms with E-state index in [1.165, 1.54) is 21.1 Å². The number of esters is 2. The van der Waals surface area contributed by atoms with Gasteiger partial charge < -0.3 is 9.47 Å². The SMILES string of the molecule is COC(=O)C1(C(=O)OC)CC(C(C)=O)=C(/C(C)=C/C(C)(C)C)C1. The zero-order valence-electron chi connectivity index (χ0n) is 15.0. The average molecular weight is 322 g/mol. The molecule has 0 unspecified atom stereocenters. The number of carbonyl (C=O) groups is 3. The minimum absolute atomic E-state index is 0.0202. The van der Waals surface area contributed by atoms with Crippen LogP contribution in [0, 0.1) is 10.8 Å². The predicted molar refractivity (Wildman–Crippen MR) is 86.6 cm³/mol. The lowest BCUT2D eigenvalue weighted by Crippen LogP contribution is -2.39. The summed E-state index contributed by atoms with van der Waals surface area (Å²) in [6.07, 6.45) is 2.18. The number of carbonyl (C=O) groups excluding carboxylic acids is 3. The van der Waals surface area contributed by atoms with E-state index in [0.29, 0.717) is 5.57 Å². The van der Waals surface area contributed by atoms with Crippen LogP contribution in [0.25, 0.3) is 0 Å². The Morgan fingerprint density at radius 1 is 0.957 bits per heavy atom. The van der Waals surface area contributed by atoms with Gasteiger partial charge in [-0.3, -0.25) is 14.4 Å². The van der Waals surface area contributed by atoms with E-state index in [9.17, 15) is 14.4 Å². The summed E-state index contributed by atoms with van der Waals surface area (Å²) < 4.78 is 9.64. The van der Waals surface area contributed by atoms with Crippen molar-refractivity contribution >= 4 is 17.7 Å². The molecule has 0 amide bonds. The van der Waals surface area contributed by atoms with Crippen molar-refractivity contribution in [3.05, 3.63) is 22.8 Å². The van der Waals surface area contributed by atoms with E-state index in [-0.39, 0.29) is 24.0 Å². The minimum atomic E-state index is -1.47. The number of rotatable bonds is 4. The molecule has 0 heterocycles. The maximum atomic E-state index is 12.3. The third-order valence-electron chi connectivity index (χ3n) is 4.02. The maximum absolute atomic E-state index is 12.3. The van der Waals surface area contributed by atoms with Crippen molar-refractivity contribution in [1.29, 1.82) is 0 Å². The lowest BCUT2D eigenvalue weighted by molar-refractivity contribution is -0.168. The molecule has 5 heteroatoms. The first kappa shape index (κ1) is 19.1. The van der Waals surface area contributed by atoms with E-state index < -0.39 is 17.4 Å². The van der Waals surface area contributed by atoms with Crippen LogP contribution in [-0.4, -0.2) is 31.9 Å². The standard InChI is InChI=1S/C18H26O5/c1-11(8-17(3,4)5)13-9-18(15(20)22-6,16(21)23-7)10-14(13)12(2)19/h8H,9-10H2,1-7H3/b11-8+. The highest BCUT2D eigenvalue weighted by atomic mass is 16.5. The lowest BCUT2D eigenvalue weighted by atomic mass is 9.82. The minimum Gasteiger partial charge on any atom is -0.468 e. The van der Waals surface area contributed by atoms with Crippen molar-refractivity contribution in [3.8, 4) is 0 Å². The Balaban J connectivity index is 3.42. The highest BCUT2D eigenvalue weighted by Gasteiger charge is 2.54. The number of methoxy groups -OCH3 is 2. The van der Waals surface area contributed by atoms with Gasteiger partial charge in [0.1, 0.15) is 0 Å². The zero-order valence-corrected chi connectivity index (χ0v) is 15.0. The fourth-order valence-corrected chi connectivity index (χ4v) is 3.09. The second kappa shape index (κ2) is 6.69. The van der Waals surface area contributed by atoms with Gasteiger partial charge in [0.25, 0.3) is 0 Å². The van der Waals surface area contributed by atoms with Crippen molar-refractivity contribution in [2.24, 2.45) is 10.8 Å². The summed E-state index contributed by atoms with van der Waals surface area (Å²) in [4.78, 5) is 36.6. The van der Waals surface area contributed by atoms with Crippen molar-refractivity contribution in [2.45, 2.75) is 47.5 Å². The van der Waals surface area contributed by atoms with E-state index in [4.69, 9.17) is 9.47 Å². The second-order valence-corrected chi connectivity index (χ2v) is 7.13.